The van der Waals surface area contributed by atoms with E-state index in [-0.39, 0.29) is 11.8 Å². The molecule has 1 aliphatic heterocycles. The van der Waals surface area contributed by atoms with E-state index in [2.05, 4.69) is 12.7 Å². The molecule has 0 N–H and O–H groups in total. The lowest BCUT2D eigenvalue weighted by atomic mass is 10.0. The van der Waals surface area contributed by atoms with E-state index in [1.165, 1.54) is 5.57 Å². The van der Waals surface area contributed by atoms with Gasteiger partial charge in [-0.2, -0.15) is 0 Å². The summed E-state index contributed by atoms with van der Waals surface area (Å²) in [6.45, 7) is 11.4. The zero-order chi connectivity index (χ0) is 10.7. The maximum atomic E-state index is 11.6. The van der Waals surface area contributed by atoms with Crippen molar-refractivity contribution in [2.45, 2.75) is 27.2 Å². The molecule has 0 unspecified atom stereocenters. The van der Waals surface area contributed by atoms with Gasteiger partial charge in [0.2, 0.25) is 5.91 Å². The van der Waals surface area contributed by atoms with Crippen LogP contribution in [-0.4, -0.2) is 23.9 Å². The molecule has 0 aromatic heterocycles. The molecule has 1 rings (SSSR count). The van der Waals surface area contributed by atoms with Crippen molar-refractivity contribution in [2.75, 3.05) is 13.1 Å². The maximum Gasteiger partial charge on any atom is 0.225 e. The van der Waals surface area contributed by atoms with Gasteiger partial charge >= 0.3 is 0 Å². The molecule has 0 saturated carbocycles. The Balaban J connectivity index is 2.59. The van der Waals surface area contributed by atoms with Crippen LogP contribution in [0, 0.1) is 5.92 Å². The lowest BCUT2D eigenvalue weighted by Gasteiger charge is -2.28. The number of nitrogens with zero attached hydrogens (tertiary/aromatic N) is 1. The Morgan fingerprint density at radius 2 is 2.21 bits per heavy atom. The highest BCUT2D eigenvalue weighted by Gasteiger charge is 2.19. The summed E-state index contributed by atoms with van der Waals surface area (Å²) in [5.41, 5.74) is 2.43. The van der Waals surface area contributed by atoms with E-state index < -0.39 is 0 Å². The Morgan fingerprint density at radius 3 is 2.57 bits per heavy atom. The highest BCUT2D eigenvalue weighted by atomic mass is 16.2. The zero-order valence-corrected chi connectivity index (χ0v) is 9.34. The zero-order valence-electron chi connectivity index (χ0n) is 9.34. The average Bonchev–Trinajstić information content (AvgIpc) is 2.16. The lowest BCUT2D eigenvalue weighted by molar-refractivity contribution is -0.134. The highest BCUT2D eigenvalue weighted by molar-refractivity contribution is 5.78. The Bertz CT molecular complexity index is 276. The molecule has 2 heteroatoms. The Labute approximate surface area is 86.3 Å². The molecule has 0 atom stereocenters. The van der Waals surface area contributed by atoms with Crippen LogP contribution in [0.2, 0.25) is 0 Å². The number of amides is 1. The van der Waals surface area contributed by atoms with Gasteiger partial charge in [0.05, 0.1) is 0 Å². The van der Waals surface area contributed by atoms with Crippen LogP contribution in [0.5, 0.6) is 0 Å². The fourth-order valence-corrected chi connectivity index (χ4v) is 1.62. The quantitative estimate of drug-likeness (QED) is 0.659. The first kappa shape index (κ1) is 11.0. The van der Waals surface area contributed by atoms with Gasteiger partial charge in [0.25, 0.3) is 0 Å². The summed E-state index contributed by atoms with van der Waals surface area (Å²) in [5.74, 6) is 0.358. The summed E-state index contributed by atoms with van der Waals surface area (Å²) in [5, 5.41) is 0. The van der Waals surface area contributed by atoms with Crippen LogP contribution in [0.4, 0.5) is 0 Å². The molecule has 78 valence electrons. The molecule has 0 saturated heterocycles. The number of hydrogen-bond donors (Lipinski definition) is 0. The molecule has 0 fully saturated rings. The van der Waals surface area contributed by atoms with Crippen LogP contribution in [0.1, 0.15) is 27.2 Å². The molecular formula is C12H19NO. The fourth-order valence-electron chi connectivity index (χ4n) is 1.62. The van der Waals surface area contributed by atoms with Gasteiger partial charge in [-0.3, -0.25) is 4.79 Å². The third-order valence-corrected chi connectivity index (χ3v) is 2.56. The van der Waals surface area contributed by atoms with Crippen molar-refractivity contribution < 1.29 is 4.79 Å². The standard InChI is InChI=1S/C12H19NO/c1-9(2)11-5-7-13(8-6-11)12(14)10(3)4/h5,10H,1,6-8H2,2-4H3. The summed E-state index contributed by atoms with van der Waals surface area (Å²) in [6, 6.07) is 0. The molecule has 0 aromatic carbocycles. The van der Waals surface area contributed by atoms with Crippen LogP contribution in [-0.2, 0) is 4.79 Å². The second-order valence-corrected chi connectivity index (χ2v) is 4.20. The van der Waals surface area contributed by atoms with Gasteiger partial charge in [0.1, 0.15) is 0 Å². The molecule has 0 aliphatic carbocycles. The highest BCUT2D eigenvalue weighted by Crippen LogP contribution is 2.18. The second kappa shape index (κ2) is 4.45. The van der Waals surface area contributed by atoms with Crippen LogP contribution >= 0.6 is 0 Å². The van der Waals surface area contributed by atoms with E-state index in [1.54, 1.807) is 0 Å². The van der Waals surface area contributed by atoms with E-state index in [0.29, 0.717) is 0 Å². The number of rotatable bonds is 2. The first-order valence-electron chi connectivity index (χ1n) is 5.16. The van der Waals surface area contributed by atoms with Crippen LogP contribution in [0.3, 0.4) is 0 Å². The van der Waals surface area contributed by atoms with Crippen molar-refractivity contribution in [2.24, 2.45) is 5.92 Å². The summed E-state index contributed by atoms with van der Waals surface area (Å²) in [4.78, 5) is 13.6. The normalized spacial score (nSPS) is 16.9. The van der Waals surface area contributed by atoms with Gasteiger partial charge in [-0.25, -0.2) is 0 Å². The van der Waals surface area contributed by atoms with Crippen LogP contribution in [0.15, 0.2) is 23.8 Å². The topological polar surface area (TPSA) is 20.3 Å². The van der Waals surface area contributed by atoms with Gasteiger partial charge in [-0.05, 0) is 18.9 Å². The molecule has 1 amide bonds. The summed E-state index contributed by atoms with van der Waals surface area (Å²) in [7, 11) is 0. The van der Waals surface area contributed by atoms with Gasteiger partial charge in [0, 0.05) is 19.0 Å². The minimum atomic E-state index is 0.106. The molecule has 0 aromatic rings. The molecule has 0 spiro atoms. The SMILES string of the molecule is C=C(C)C1=CCN(C(=O)C(C)C)CC1. The van der Waals surface area contributed by atoms with E-state index in [9.17, 15) is 4.79 Å². The molecule has 2 nitrogen and oxygen atoms in total. The minimum absolute atomic E-state index is 0.106. The fraction of sp³-hybridized carbons (Fsp3) is 0.583. The van der Waals surface area contributed by atoms with Crippen molar-refractivity contribution >= 4 is 5.91 Å². The average molecular weight is 193 g/mol. The van der Waals surface area contributed by atoms with Crippen molar-refractivity contribution in [3.8, 4) is 0 Å². The van der Waals surface area contributed by atoms with Gasteiger partial charge in [-0.15, -0.1) is 0 Å². The molecular weight excluding hydrogens is 174 g/mol. The Morgan fingerprint density at radius 1 is 1.57 bits per heavy atom. The van der Waals surface area contributed by atoms with E-state index in [0.717, 1.165) is 25.1 Å². The largest absolute Gasteiger partial charge is 0.338 e. The van der Waals surface area contributed by atoms with Crippen LogP contribution in [0.25, 0.3) is 0 Å². The van der Waals surface area contributed by atoms with E-state index in [1.807, 2.05) is 25.7 Å². The molecule has 1 heterocycles. The summed E-state index contributed by atoms with van der Waals surface area (Å²) >= 11 is 0. The van der Waals surface area contributed by atoms with Crippen molar-refractivity contribution in [1.29, 1.82) is 0 Å². The Hall–Kier alpha value is -1.05. The smallest absolute Gasteiger partial charge is 0.225 e. The Kier molecular flexibility index (Phi) is 3.50. The predicted molar refractivity (Wildman–Crippen MR) is 58.9 cm³/mol. The second-order valence-electron chi connectivity index (χ2n) is 4.20. The third kappa shape index (κ3) is 2.47. The number of allylic oxidation sites excluding steroid dienone is 1. The van der Waals surface area contributed by atoms with Gasteiger partial charge < -0.3 is 4.90 Å². The van der Waals surface area contributed by atoms with Crippen molar-refractivity contribution in [1.82, 2.24) is 4.90 Å². The van der Waals surface area contributed by atoms with Gasteiger partial charge in [0.15, 0.2) is 0 Å². The number of hydrogen-bond acceptors (Lipinski definition) is 1. The maximum absolute atomic E-state index is 11.6. The first-order chi connectivity index (χ1) is 6.52. The molecule has 14 heavy (non-hydrogen) atoms. The predicted octanol–water partition coefficient (Wildman–Crippen LogP) is 2.38. The minimum Gasteiger partial charge on any atom is -0.338 e. The third-order valence-electron chi connectivity index (χ3n) is 2.56. The lowest BCUT2D eigenvalue weighted by Crippen LogP contribution is -2.37. The molecule has 0 bridgehead atoms. The van der Waals surface area contributed by atoms with Crippen molar-refractivity contribution in [3.63, 3.8) is 0 Å². The number of carbonyl (C=O) groups excluding carboxylic acids is 1. The van der Waals surface area contributed by atoms with E-state index >= 15 is 0 Å². The van der Waals surface area contributed by atoms with Crippen molar-refractivity contribution in [3.05, 3.63) is 23.8 Å². The molecule has 1 aliphatic rings. The summed E-state index contributed by atoms with van der Waals surface area (Å²) in [6.07, 6.45) is 3.07. The van der Waals surface area contributed by atoms with Gasteiger partial charge in [-0.1, -0.05) is 32.1 Å². The monoisotopic (exact) mass is 193 g/mol. The summed E-state index contributed by atoms with van der Waals surface area (Å²) < 4.78 is 0. The van der Waals surface area contributed by atoms with Crippen LogP contribution < -0.4 is 0 Å². The van der Waals surface area contributed by atoms with E-state index in [4.69, 9.17) is 0 Å². The molecule has 0 radical (unpaired) electrons. The number of carbonyl (C=O) groups is 1. The first-order valence-corrected chi connectivity index (χ1v) is 5.16.